The molecule has 1 N–H and O–H groups in total. The number of pyridine rings is 1. The van der Waals surface area contributed by atoms with Gasteiger partial charge in [0, 0.05) is 55.0 Å². The Morgan fingerprint density at radius 3 is 2.74 bits per heavy atom. The van der Waals surface area contributed by atoms with Crippen molar-refractivity contribution in [2.75, 3.05) is 37.7 Å². The van der Waals surface area contributed by atoms with Crippen LogP contribution in [0.3, 0.4) is 0 Å². The molecule has 1 aliphatic carbocycles. The van der Waals surface area contributed by atoms with Crippen LogP contribution in [0.25, 0.3) is 32.9 Å². The van der Waals surface area contributed by atoms with Crippen LogP contribution in [0, 0.1) is 36.8 Å². The van der Waals surface area contributed by atoms with Crippen LogP contribution >= 0.6 is 0 Å². The van der Waals surface area contributed by atoms with Gasteiger partial charge in [0.05, 0.1) is 28.7 Å². The predicted octanol–water partition coefficient (Wildman–Crippen LogP) is 6.99. The lowest BCUT2D eigenvalue weighted by Gasteiger charge is -2.48. The standard InChI is InChI=1S/C43H43F3N6O5/c1-4-25-18-52-32(19-50(25)20-33-22(3)56-42(54)57-33)28-8-6-9-29(28)37-35-39(48-41(49-40(35)52)55-21-43-12-7-13-51(43)17-24(44)16-43)36(46)38(47-37)30-15-26(53)14-23-10-11-31(45)27(5-2)34(23)30/h2,10-11,14-15,24-25,28-29,32,53H,4,6-9,12-13,16-21H2,1,3H3/t24-,25-,28+,29-,32-,43+/m1/s1. The molecule has 5 aromatic rings. The second kappa shape index (κ2) is 13.5. The van der Waals surface area contributed by atoms with Gasteiger partial charge in [-0.1, -0.05) is 25.3 Å². The van der Waals surface area contributed by atoms with Gasteiger partial charge in [-0.25, -0.2) is 22.9 Å². The summed E-state index contributed by atoms with van der Waals surface area (Å²) in [6.45, 7) is 6.67. The van der Waals surface area contributed by atoms with E-state index in [4.69, 9.17) is 34.9 Å². The summed E-state index contributed by atoms with van der Waals surface area (Å²) in [5, 5.41) is 12.1. The van der Waals surface area contributed by atoms with E-state index in [2.05, 4.69) is 27.5 Å². The van der Waals surface area contributed by atoms with Gasteiger partial charge in [0.25, 0.3) is 0 Å². The number of phenols is 1. The molecule has 4 aliphatic heterocycles. The normalized spacial score (nSPS) is 27.1. The molecule has 0 radical (unpaired) electrons. The molecule has 0 amide bonds. The lowest BCUT2D eigenvalue weighted by Crippen LogP contribution is -2.60. The Balaban J connectivity index is 1.17. The third kappa shape index (κ3) is 5.71. The number of terminal acetylenes is 1. The molecule has 1 saturated carbocycles. The molecule has 296 valence electrons. The molecule has 6 atom stereocenters. The summed E-state index contributed by atoms with van der Waals surface area (Å²) in [7, 11) is 0. The van der Waals surface area contributed by atoms with Crippen LogP contribution in [-0.2, 0) is 6.54 Å². The zero-order valence-corrected chi connectivity index (χ0v) is 31.9. The van der Waals surface area contributed by atoms with Gasteiger partial charge >= 0.3 is 11.8 Å². The molecule has 10 rings (SSSR count). The second-order valence-corrected chi connectivity index (χ2v) is 16.6. The molecular weight excluding hydrogens is 738 g/mol. The van der Waals surface area contributed by atoms with E-state index in [1.807, 2.05) is 0 Å². The number of alkyl halides is 1. The number of phenolic OH excluding ortho intramolecular Hbond substituents is 1. The van der Waals surface area contributed by atoms with Gasteiger partial charge in [-0.15, -0.1) is 6.42 Å². The topological polar surface area (TPSA) is 121 Å². The number of benzene rings is 2. The highest BCUT2D eigenvalue weighted by atomic mass is 19.1. The minimum Gasteiger partial charge on any atom is -0.508 e. The van der Waals surface area contributed by atoms with E-state index in [9.17, 15) is 14.3 Å². The number of anilines is 1. The average Bonchev–Trinajstić information content (AvgIpc) is 3.96. The van der Waals surface area contributed by atoms with E-state index in [-0.39, 0.29) is 70.0 Å². The summed E-state index contributed by atoms with van der Waals surface area (Å²) in [6.07, 6.45) is 10.3. The second-order valence-electron chi connectivity index (χ2n) is 16.6. The van der Waals surface area contributed by atoms with Crippen molar-refractivity contribution in [3.63, 3.8) is 0 Å². The molecule has 7 heterocycles. The highest BCUT2D eigenvalue weighted by Gasteiger charge is 2.51. The largest absolute Gasteiger partial charge is 0.519 e. The number of halogens is 3. The summed E-state index contributed by atoms with van der Waals surface area (Å²) in [5.74, 6) is 1.58. The molecule has 2 aromatic carbocycles. The molecule has 5 aliphatic rings. The molecule has 11 nitrogen and oxygen atoms in total. The summed E-state index contributed by atoms with van der Waals surface area (Å²) >= 11 is 0. The molecule has 57 heavy (non-hydrogen) atoms. The zero-order chi connectivity index (χ0) is 39.3. The Labute approximate surface area is 326 Å². The van der Waals surface area contributed by atoms with Gasteiger partial charge in [0.2, 0.25) is 0 Å². The van der Waals surface area contributed by atoms with Crippen LogP contribution in [0.4, 0.5) is 19.0 Å². The van der Waals surface area contributed by atoms with Crippen LogP contribution in [-0.4, -0.2) is 86.4 Å². The van der Waals surface area contributed by atoms with Crippen LogP contribution in [0.5, 0.6) is 11.8 Å². The highest BCUT2D eigenvalue weighted by molar-refractivity contribution is 6.03. The fourth-order valence-electron chi connectivity index (χ4n) is 10.9. The fourth-order valence-corrected chi connectivity index (χ4v) is 10.9. The summed E-state index contributed by atoms with van der Waals surface area (Å²) in [4.78, 5) is 33.8. The van der Waals surface area contributed by atoms with Gasteiger partial charge in [-0.3, -0.25) is 9.80 Å². The molecule has 0 bridgehead atoms. The average molecular weight is 781 g/mol. The smallest absolute Gasteiger partial charge is 0.508 e. The number of rotatable bonds is 7. The van der Waals surface area contributed by atoms with Crippen molar-refractivity contribution in [1.82, 2.24) is 24.8 Å². The van der Waals surface area contributed by atoms with Crippen molar-refractivity contribution < 1.29 is 31.8 Å². The van der Waals surface area contributed by atoms with E-state index in [0.29, 0.717) is 66.4 Å². The molecule has 4 fully saturated rings. The van der Waals surface area contributed by atoms with E-state index >= 15 is 8.78 Å². The SMILES string of the molecule is C#Cc1c(F)ccc2cc(O)cc(-c3nc4c5c(nc(OC[C@@]67CCCN6C[C@H](F)C7)nc5c3F)N3C[C@@H](CC)N(Cc5oc(=O)oc5C)C[C@@H]3[C@H]3CCC[C@@H]43)c12. The van der Waals surface area contributed by atoms with E-state index < -0.39 is 29.2 Å². The fraction of sp³-hybridized carbons (Fsp3) is 0.488. The Hall–Kier alpha value is -5.13. The Bertz CT molecular complexity index is 2550. The number of ether oxygens (including phenoxy) is 1. The molecule has 3 saturated heterocycles. The number of piperazine rings is 1. The van der Waals surface area contributed by atoms with E-state index in [0.717, 1.165) is 45.1 Å². The number of hydrogen-bond acceptors (Lipinski definition) is 11. The Morgan fingerprint density at radius 2 is 1.95 bits per heavy atom. The first kappa shape index (κ1) is 36.2. The maximum absolute atomic E-state index is 17.7. The minimum absolute atomic E-state index is 0.00960. The van der Waals surface area contributed by atoms with Crippen molar-refractivity contribution in [3.8, 4) is 35.4 Å². The van der Waals surface area contributed by atoms with Crippen molar-refractivity contribution in [2.45, 2.75) is 95.1 Å². The van der Waals surface area contributed by atoms with Crippen LogP contribution < -0.4 is 15.5 Å². The predicted molar refractivity (Wildman–Crippen MR) is 206 cm³/mol. The monoisotopic (exact) mass is 780 g/mol. The number of fused-ring (bicyclic) bond motifs is 7. The molecular formula is C43H43F3N6O5. The molecule has 0 spiro atoms. The van der Waals surface area contributed by atoms with Crippen molar-refractivity contribution in [1.29, 1.82) is 0 Å². The van der Waals surface area contributed by atoms with E-state index in [1.165, 1.54) is 24.3 Å². The summed E-state index contributed by atoms with van der Waals surface area (Å²) in [6, 6.07) is 5.48. The van der Waals surface area contributed by atoms with Gasteiger partial charge in [0.15, 0.2) is 11.6 Å². The van der Waals surface area contributed by atoms with Gasteiger partial charge < -0.3 is 23.6 Å². The number of nitrogens with zero attached hydrogens (tertiary/aromatic N) is 6. The lowest BCUT2D eigenvalue weighted by molar-refractivity contribution is 0.104. The Kier molecular flexibility index (Phi) is 8.57. The zero-order valence-electron chi connectivity index (χ0n) is 31.9. The molecule has 0 unspecified atom stereocenters. The first-order valence-electron chi connectivity index (χ1n) is 20.0. The Morgan fingerprint density at radius 1 is 1.09 bits per heavy atom. The maximum atomic E-state index is 17.7. The number of hydrogen-bond donors (Lipinski definition) is 1. The maximum Gasteiger partial charge on any atom is 0.519 e. The van der Waals surface area contributed by atoms with Crippen molar-refractivity contribution in [3.05, 3.63) is 69.3 Å². The van der Waals surface area contributed by atoms with Gasteiger partial charge in [-0.05, 0) is 75.1 Å². The number of aryl methyl sites for hydroxylation is 1. The summed E-state index contributed by atoms with van der Waals surface area (Å²) in [5.41, 5.74) is 0.156. The highest BCUT2D eigenvalue weighted by Crippen LogP contribution is 2.52. The van der Waals surface area contributed by atoms with Crippen LogP contribution in [0.15, 0.2) is 37.9 Å². The van der Waals surface area contributed by atoms with Crippen LogP contribution in [0.1, 0.15) is 80.6 Å². The first-order valence-corrected chi connectivity index (χ1v) is 20.0. The van der Waals surface area contributed by atoms with Gasteiger partial charge in [-0.2, -0.15) is 9.97 Å². The summed E-state index contributed by atoms with van der Waals surface area (Å²) < 4.78 is 64.9. The van der Waals surface area contributed by atoms with Gasteiger partial charge in [0.1, 0.15) is 47.1 Å². The van der Waals surface area contributed by atoms with Crippen molar-refractivity contribution >= 4 is 27.5 Å². The minimum atomic E-state index is -0.958. The lowest BCUT2D eigenvalue weighted by atomic mass is 9.84. The quantitative estimate of drug-likeness (QED) is 0.172. The molecule has 3 aromatic heterocycles. The number of aromatic nitrogens is 3. The molecule has 14 heteroatoms. The van der Waals surface area contributed by atoms with Crippen molar-refractivity contribution in [2.24, 2.45) is 5.92 Å². The third-order valence-electron chi connectivity index (χ3n) is 13.5. The number of aromatic hydroxyl groups is 1. The first-order chi connectivity index (χ1) is 27.6. The van der Waals surface area contributed by atoms with E-state index in [1.54, 1.807) is 6.92 Å². The third-order valence-corrected chi connectivity index (χ3v) is 13.5. The van der Waals surface area contributed by atoms with Crippen LogP contribution in [0.2, 0.25) is 0 Å².